The Kier molecular flexibility index (Phi) is 9.20. The average Bonchev–Trinajstić information content (AvgIpc) is 3.34. The first kappa shape index (κ1) is 33.8. The van der Waals surface area contributed by atoms with Gasteiger partial charge >= 0.3 is 0 Å². The van der Waals surface area contributed by atoms with Gasteiger partial charge < -0.3 is 20.4 Å². The Bertz CT molecular complexity index is 1700. The van der Waals surface area contributed by atoms with Crippen LogP contribution in [0.5, 0.6) is 0 Å². The van der Waals surface area contributed by atoms with Gasteiger partial charge in [0, 0.05) is 89.1 Å². The summed E-state index contributed by atoms with van der Waals surface area (Å²) in [7, 11) is 0. The van der Waals surface area contributed by atoms with Crippen molar-refractivity contribution in [3.05, 3.63) is 57.6 Å². The van der Waals surface area contributed by atoms with E-state index in [1.54, 1.807) is 30.3 Å². The number of carbonyl (C=O) groups excluding carboxylic acids is 4. The summed E-state index contributed by atoms with van der Waals surface area (Å²) in [5.74, 6) is -1.58. The minimum Gasteiger partial charge on any atom is -0.393 e. The molecule has 1 unspecified atom stereocenters. The monoisotopic (exact) mass is 690 g/mol. The van der Waals surface area contributed by atoms with Crippen LogP contribution in [0.4, 0.5) is 27.1 Å². The number of nitrogen functional groups attached to an aromatic ring is 1. The molecule has 4 fully saturated rings. The van der Waals surface area contributed by atoms with Crippen LogP contribution in [-0.4, -0.2) is 120 Å². The molecule has 7 rings (SSSR count). The van der Waals surface area contributed by atoms with Gasteiger partial charge in [-0.3, -0.25) is 44.4 Å². The summed E-state index contributed by atoms with van der Waals surface area (Å²) in [4.78, 5) is 70.9. The van der Waals surface area contributed by atoms with Crippen molar-refractivity contribution < 1.29 is 28.5 Å². The smallest absolute Gasteiger partial charge is 0.292 e. The minimum atomic E-state index is -1.30. The summed E-state index contributed by atoms with van der Waals surface area (Å²) < 4.78 is 16.1. The molecule has 0 aliphatic carbocycles. The molecule has 266 valence electrons. The highest BCUT2D eigenvalue weighted by Crippen LogP contribution is 2.35. The molecule has 3 N–H and O–H groups in total. The Morgan fingerprint density at radius 3 is 2.12 bits per heavy atom. The molecule has 0 bridgehead atoms. The van der Waals surface area contributed by atoms with Gasteiger partial charge in [0.15, 0.2) is 0 Å². The molecule has 2 aromatic rings. The molecule has 4 amide bonds. The van der Waals surface area contributed by atoms with Gasteiger partial charge in [-0.25, -0.2) is 4.39 Å². The number of piperidine rings is 3. The molecule has 2 aromatic carbocycles. The molecule has 0 saturated carbocycles. The topological polar surface area (TPSA) is 166 Å². The summed E-state index contributed by atoms with van der Waals surface area (Å²) in [6.07, 6.45) is 2.95. The molecule has 5 heterocycles. The zero-order valence-electron chi connectivity index (χ0n) is 28.0. The number of nitrogens with zero attached hydrogens (tertiary/aromatic N) is 6. The third-order valence-corrected chi connectivity index (χ3v) is 11.1. The number of hydrogen-bond donors (Lipinski definition) is 2. The Morgan fingerprint density at radius 2 is 1.46 bits per heavy atom. The first-order valence-electron chi connectivity index (χ1n) is 17.5. The van der Waals surface area contributed by atoms with E-state index < -0.39 is 40.3 Å². The molecule has 5 aliphatic rings. The highest BCUT2D eigenvalue weighted by molar-refractivity contribution is 6.23. The molecular formula is C35H43FN8O6. The van der Waals surface area contributed by atoms with E-state index in [-0.39, 0.29) is 35.3 Å². The van der Waals surface area contributed by atoms with Crippen LogP contribution in [0.3, 0.4) is 0 Å². The average molecular weight is 691 g/mol. The molecule has 0 radical (unpaired) electrons. The predicted molar refractivity (Wildman–Crippen MR) is 184 cm³/mol. The van der Waals surface area contributed by atoms with Crippen molar-refractivity contribution in [2.24, 2.45) is 5.92 Å². The van der Waals surface area contributed by atoms with Crippen molar-refractivity contribution in [3.63, 3.8) is 0 Å². The van der Waals surface area contributed by atoms with E-state index in [2.05, 4.69) is 20.0 Å². The molecule has 15 heteroatoms. The van der Waals surface area contributed by atoms with Crippen molar-refractivity contribution in [1.29, 1.82) is 0 Å². The Labute approximate surface area is 289 Å². The summed E-state index contributed by atoms with van der Waals surface area (Å²) in [6, 6.07) is 8.96. The number of rotatable bonds is 8. The largest absolute Gasteiger partial charge is 0.393 e. The summed E-state index contributed by atoms with van der Waals surface area (Å²) in [5, 5.41) is 13.3. The quantitative estimate of drug-likeness (QED) is 0.181. The summed E-state index contributed by atoms with van der Waals surface area (Å²) >= 11 is 0. The molecule has 1 atom stereocenters. The fraction of sp³-hybridized carbons (Fsp3) is 0.543. The van der Waals surface area contributed by atoms with Gasteiger partial charge in [-0.2, -0.15) is 0 Å². The van der Waals surface area contributed by atoms with E-state index in [0.717, 1.165) is 74.9 Å². The third kappa shape index (κ3) is 6.75. The van der Waals surface area contributed by atoms with Crippen LogP contribution in [0, 0.1) is 16.0 Å². The number of nitro groups is 1. The number of carbonyl (C=O) groups is 4. The van der Waals surface area contributed by atoms with E-state index in [0.29, 0.717) is 38.4 Å². The van der Waals surface area contributed by atoms with E-state index in [1.807, 2.05) is 4.90 Å². The van der Waals surface area contributed by atoms with Crippen molar-refractivity contribution in [1.82, 2.24) is 20.0 Å². The van der Waals surface area contributed by atoms with Gasteiger partial charge in [0.25, 0.3) is 17.5 Å². The lowest BCUT2D eigenvalue weighted by atomic mass is 9.90. The van der Waals surface area contributed by atoms with E-state index in [1.165, 1.54) is 6.07 Å². The van der Waals surface area contributed by atoms with Gasteiger partial charge in [-0.15, -0.1) is 0 Å². The summed E-state index contributed by atoms with van der Waals surface area (Å²) in [6.45, 7) is 7.62. The van der Waals surface area contributed by atoms with Crippen LogP contribution in [0.15, 0.2) is 36.4 Å². The van der Waals surface area contributed by atoms with Crippen molar-refractivity contribution in [2.75, 3.05) is 81.0 Å². The number of benzene rings is 2. The van der Waals surface area contributed by atoms with Crippen LogP contribution >= 0.6 is 0 Å². The van der Waals surface area contributed by atoms with Gasteiger partial charge in [-0.1, -0.05) is 0 Å². The van der Waals surface area contributed by atoms with Crippen LogP contribution in [0.1, 0.15) is 59.2 Å². The molecule has 50 heavy (non-hydrogen) atoms. The van der Waals surface area contributed by atoms with Gasteiger partial charge in [0.2, 0.25) is 11.8 Å². The number of nitrogens with one attached hydrogen (secondary N) is 1. The lowest BCUT2D eigenvalue weighted by molar-refractivity contribution is -0.383. The number of anilines is 3. The number of fused-ring (bicyclic) bond motifs is 1. The van der Waals surface area contributed by atoms with Gasteiger partial charge in [-0.05, 0) is 68.6 Å². The highest BCUT2D eigenvalue weighted by atomic mass is 19.1. The number of amides is 4. The maximum atomic E-state index is 16.1. The standard InChI is InChI=1S/C35H43FN8O6/c36-35(22-40-11-7-23(8-12-40)21-39-15-17-42(18-16-39)25-2-4-29(44(49)50)28(37)20-25)9-13-41(14-10-35)24-1-3-26-27(19-24)34(48)43(33(26)47)30-5-6-31(45)38-32(30)46/h1-4,19-20,23,30H,5-18,21-22,37H2,(H,38,45,46). The Hall–Kier alpha value is -4.63. The summed E-state index contributed by atoms with van der Waals surface area (Å²) in [5.41, 5.74) is 6.83. The first-order valence-corrected chi connectivity index (χ1v) is 17.5. The van der Waals surface area contributed by atoms with Crippen LogP contribution in [0.25, 0.3) is 0 Å². The number of alkyl halides is 1. The maximum absolute atomic E-state index is 16.1. The zero-order chi connectivity index (χ0) is 35.2. The first-order chi connectivity index (χ1) is 24.0. The van der Waals surface area contributed by atoms with Crippen molar-refractivity contribution in [3.8, 4) is 0 Å². The number of nitro benzene ring substituents is 1. The van der Waals surface area contributed by atoms with Crippen molar-refractivity contribution >= 4 is 46.4 Å². The molecule has 0 aromatic heterocycles. The highest BCUT2D eigenvalue weighted by Gasteiger charge is 2.45. The van der Waals surface area contributed by atoms with Crippen LogP contribution in [-0.2, 0) is 9.59 Å². The Balaban J connectivity index is 0.856. The molecular weight excluding hydrogens is 647 g/mol. The normalized spacial score (nSPS) is 23.7. The van der Waals surface area contributed by atoms with Gasteiger partial charge in [0.05, 0.1) is 16.1 Å². The lowest BCUT2D eigenvalue weighted by Gasteiger charge is -2.43. The molecule has 5 aliphatic heterocycles. The van der Waals surface area contributed by atoms with E-state index in [9.17, 15) is 29.3 Å². The predicted octanol–water partition coefficient (Wildman–Crippen LogP) is 2.42. The van der Waals surface area contributed by atoms with Crippen LogP contribution in [0.2, 0.25) is 0 Å². The second kappa shape index (κ2) is 13.6. The maximum Gasteiger partial charge on any atom is 0.292 e. The molecule has 0 spiro atoms. The SMILES string of the molecule is Nc1cc(N2CCN(CC3CCN(CC4(F)CCN(c5ccc6c(c5)C(=O)N(C5CCC(=O)NC5=O)C6=O)CC4)CC3)CC2)ccc1[N+](=O)[O-]. The number of hydrogen-bond acceptors (Lipinski definition) is 11. The minimum absolute atomic E-state index is 0.0649. The van der Waals surface area contributed by atoms with E-state index >= 15 is 4.39 Å². The number of likely N-dealkylation sites (tertiary alicyclic amines) is 1. The number of nitrogens with two attached hydrogens (primary N) is 1. The number of piperazine rings is 1. The fourth-order valence-corrected chi connectivity index (χ4v) is 8.17. The Morgan fingerprint density at radius 1 is 0.820 bits per heavy atom. The lowest BCUT2D eigenvalue weighted by Crippen LogP contribution is -2.54. The molecule has 4 saturated heterocycles. The van der Waals surface area contributed by atoms with Crippen LogP contribution < -0.4 is 20.9 Å². The zero-order valence-corrected chi connectivity index (χ0v) is 28.0. The third-order valence-electron chi connectivity index (χ3n) is 11.1. The second-order valence-electron chi connectivity index (χ2n) is 14.3. The number of imide groups is 2. The molecule has 14 nitrogen and oxygen atoms in total. The second-order valence-corrected chi connectivity index (χ2v) is 14.3. The van der Waals surface area contributed by atoms with E-state index in [4.69, 9.17) is 5.73 Å². The van der Waals surface area contributed by atoms with Crippen molar-refractivity contribution in [2.45, 2.75) is 50.2 Å². The fourth-order valence-electron chi connectivity index (χ4n) is 8.17. The number of halogens is 1. The van der Waals surface area contributed by atoms with Gasteiger partial charge in [0.1, 0.15) is 17.4 Å².